The fraction of sp³-hybridized carbons (Fsp3) is 0.864. The van der Waals surface area contributed by atoms with Gasteiger partial charge in [-0.15, -0.1) is 0 Å². The molecule has 0 aromatic rings. The summed E-state index contributed by atoms with van der Waals surface area (Å²) in [6, 6.07) is 0.390. The molecule has 5 aliphatic rings. The highest BCUT2D eigenvalue weighted by Crippen LogP contribution is 2.67. The molecule has 0 spiro atoms. The van der Waals surface area contributed by atoms with Crippen molar-refractivity contribution in [1.29, 1.82) is 0 Å². The predicted octanol–water partition coefficient (Wildman–Crippen LogP) is 2.41. The number of piperidine rings is 1. The average molecular weight is 423 g/mol. The van der Waals surface area contributed by atoms with Gasteiger partial charge in [-0.3, -0.25) is 4.90 Å². The van der Waals surface area contributed by atoms with Gasteiger partial charge in [-0.25, -0.2) is 17.5 Å². The van der Waals surface area contributed by atoms with Crippen LogP contribution in [-0.4, -0.2) is 66.7 Å². The number of carbonyl (C=O) groups is 1. The van der Waals surface area contributed by atoms with Crippen molar-refractivity contribution < 1.29 is 17.9 Å². The Labute approximate surface area is 174 Å². The van der Waals surface area contributed by atoms with Crippen LogP contribution < -0.4 is 0 Å². The lowest BCUT2D eigenvalue weighted by Crippen LogP contribution is -2.50. The lowest BCUT2D eigenvalue weighted by molar-refractivity contribution is -0.161. The molecule has 29 heavy (non-hydrogen) atoms. The van der Waals surface area contributed by atoms with Gasteiger partial charge in [0.25, 0.3) is 0 Å². The molecule has 2 heterocycles. The minimum absolute atomic E-state index is 0.0891. The van der Waals surface area contributed by atoms with E-state index in [1.807, 2.05) is 13.8 Å². The Kier molecular flexibility index (Phi) is 4.19. The Morgan fingerprint density at radius 2 is 1.93 bits per heavy atom. The van der Waals surface area contributed by atoms with Crippen molar-refractivity contribution in [2.45, 2.75) is 71.1 Å². The van der Waals surface area contributed by atoms with Crippen LogP contribution in [0.5, 0.6) is 0 Å². The predicted molar refractivity (Wildman–Crippen MR) is 111 cm³/mol. The van der Waals surface area contributed by atoms with Gasteiger partial charge in [0.2, 0.25) is 10.0 Å². The van der Waals surface area contributed by atoms with E-state index in [0.717, 1.165) is 32.2 Å². The van der Waals surface area contributed by atoms with Crippen molar-refractivity contribution in [1.82, 2.24) is 9.21 Å². The maximum absolute atomic E-state index is 13.3. The normalized spacial score (nSPS) is 45.8. The fourth-order valence-corrected chi connectivity index (χ4v) is 9.66. The fourth-order valence-electron chi connectivity index (χ4n) is 7.34. The van der Waals surface area contributed by atoms with E-state index in [1.54, 1.807) is 4.31 Å². The summed E-state index contributed by atoms with van der Waals surface area (Å²) in [7, 11) is -3.40. The van der Waals surface area contributed by atoms with Crippen LogP contribution in [0.1, 0.15) is 53.4 Å². The van der Waals surface area contributed by atoms with Crippen LogP contribution in [0.3, 0.4) is 0 Å². The van der Waals surface area contributed by atoms with E-state index in [4.69, 9.17) is 4.74 Å². The molecule has 0 radical (unpaired) electrons. The molecule has 2 saturated heterocycles. The van der Waals surface area contributed by atoms with Crippen LogP contribution in [0, 0.1) is 22.7 Å². The van der Waals surface area contributed by atoms with E-state index < -0.39 is 21.0 Å². The summed E-state index contributed by atoms with van der Waals surface area (Å²) in [5, 5.41) is 0. The molecule has 2 aliphatic heterocycles. The third kappa shape index (κ3) is 2.41. The molecule has 162 valence electrons. The van der Waals surface area contributed by atoms with Crippen LogP contribution in [-0.2, 0) is 19.6 Å². The topological polar surface area (TPSA) is 66.7 Å². The van der Waals surface area contributed by atoms with Gasteiger partial charge in [0.05, 0.1) is 5.75 Å². The molecule has 2 saturated carbocycles. The molecule has 1 unspecified atom stereocenters. The van der Waals surface area contributed by atoms with E-state index in [1.165, 1.54) is 0 Å². The van der Waals surface area contributed by atoms with Crippen molar-refractivity contribution in [3.8, 4) is 0 Å². The molecule has 5 rings (SSSR count). The number of esters is 1. The summed E-state index contributed by atoms with van der Waals surface area (Å²) in [6.45, 7) is 9.91. The van der Waals surface area contributed by atoms with Gasteiger partial charge in [-0.2, -0.15) is 0 Å². The van der Waals surface area contributed by atoms with Crippen LogP contribution in [0.2, 0.25) is 0 Å². The van der Waals surface area contributed by atoms with Gasteiger partial charge < -0.3 is 4.74 Å². The zero-order valence-corrected chi connectivity index (χ0v) is 18.9. The summed E-state index contributed by atoms with van der Waals surface area (Å²) in [6.07, 6.45) is 7.77. The number of sulfonamides is 1. The number of nitrogens with zero attached hydrogens (tertiary/aromatic N) is 2. The third-order valence-corrected chi connectivity index (χ3v) is 11.6. The van der Waals surface area contributed by atoms with Gasteiger partial charge in [0, 0.05) is 37.0 Å². The molecule has 7 atom stereocenters. The Morgan fingerprint density at radius 1 is 1.21 bits per heavy atom. The third-order valence-electron chi connectivity index (χ3n) is 9.39. The van der Waals surface area contributed by atoms with Crippen molar-refractivity contribution in [3.63, 3.8) is 0 Å². The molecule has 4 fully saturated rings. The number of hydrogen-bond donors (Lipinski definition) is 0. The molecular weight excluding hydrogens is 388 g/mol. The molecule has 0 aromatic carbocycles. The number of fused-ring (bicyclic) bond motifs is 7. The lowest BCUT2D eigenvalue weighted by atomic mass is 9.69. The average Bonchev–Trinajstić information content (AvgIpc) is 2.94. The largest absolute Gasteiger partial charge is 0.460 e. The van der Waals surface area contributed by atoms with E-state index in [-0.39, 0.29) is 29.2 Å². The maximum atomic E-state index is 13.3. The lowest BCUT2D eigenvalue weighted by Gasteiger charge is -2.42. The second-order valence-corrected chi connectivity index (χ2v) is 12.4. The number of hydrogen-bond acceptors (Lipinski definition) is 5. The van der Waals surface area contributed by atoms with Crippen LogP contribution in [0.15, 0.2) is 12.2 Å². The molecule has 0 amide bonds. The van der Waals surface area contributed by atoms with Gasteiger partial charge >= 0.3 is 5.97 Å². The summed E-state index contributed by atoms with van der Waals surface area (Å²) >= 11 is 0. The Hall–Kier alpha value is -0.920. The number of carbonyl (C=O) groups excluding carboxylic acids is 1. The first-order valence-electron chi connectivity index (χ1n) is 11.3. The SMILES string of the molecule is CCN(CC)S(=O)(=O)C[C@]12CC[C@H](C[C@H]1OC(=O)[C@@]13CN1[C@H]1C=C[C@@H]3C1)C2(C)C. The highest BCUT2D eigenvalue weighted by Gasteiger charge is 2.73. The second-order valence-electron chi connectivity index (χ2n) is 10.4. The van der Waals surface area contributed by atoms with Gasteiger partial charge in [-0.05, 0) is 37.0 Å². The minimum atomic E-state index is -3.40. The Balaban J connectivity index is 1.41. The van der Waals surface area contributed by atoms with Crippen molar-refractivity contribution >= 4 is 16.0 Å². The van der Waals surface area contributed by atoms with E-state index in [2.05, 4.69) is 30.9 Å². The zero-order chi connectivity index (χ0) is 20.8. The molecule has 7 heteroatoms. The summed E-state index contributed by atoms with van der Waals surface area (Å²) in [4.78, 5) is 15.6. The van der Waals surface area contributed by atoms with E-state index in [9.17, 15) is 13.2 Å². The van der Waals surface area contributed by atoms with Gasteiger partial charge in [-0.1, -0.05) is 39.8 Å². The monoisotopic (exact) mass is 422 g/mol. The summed E-state index contributed by atoms with van der Waals surface area (Å²) < 4.78 is 34.3. The van der Waals surface area contributed by atoms with Crippen molar-refractivity contribution in [2.24, 2.45) is 22.7 Å². The van der Waals surface area contributed by atoms with E-state index in [0.29, 0.717) is 25.0 Å². The van der Waals surface area contributed by atoms with Crippen molar-refractivity contribution in [3.05, 3.63) is 12.2 Å². The van der Waals surface area contributed by atoms with Gasteiger partial charge in [0.15, 0.2) is 0 Å². The number of ether oxygens (including phenoxy) is 1. The first-order chi connectivity index (χ1) is 13.6. The highest BCUT2D eigenvalue weighted by atomic mass is 32.2. The second kappa shape index (κ2) is 6.07. The van der Waals surface area contributed by atoms with Crippen molar-refractivity contribution in [2.75, 3.05) is 25.4 Å². The zero-order valence-electron chi connectivity index (χ0n) is 18.1. The molecular formula is C22H34N2O4S. The molecule has 0 aromatic heterocycles. The standard InChI is InChI=1S/C22H34N2O4S/c1-5-23(6-2)29(26,27)14-21-10-9-15(20(21,3)4)12-18(21)28-19(25)22-13-24(22)17-8-7-16(22)11-17/h7-8,15-18H,5-6,9-14H2,1-4H3/t15-,16-,17+,18-,21-,22+,24?/m1/s1. The molecule has 3 aliphatic carbocycles. The molecule has 4 bridgehead atoms. The molecule has 0 N–H and O–H groups in total. The number of rotatable bonds is 7. The van der Waals surface area contributed by atoms with Crippen LogP contribution in [0.25, 0.3) is 0 Å². The van der Waals surface area contributed by atoms with Crippen LogP contribution in [0.4, 0.5) is 0 Å². The quantitative estimate of drug-likeness (QED) is 0.358. The Bertz CT molecular complexity index is 864. The van der Waals surface area contributed by atoms with E-state index >= 15 is 0 Å². The molecule has 6 nitrogen and oxygen atoms in total. The Morgan fingerprint density at radius 3 is 2.52 bits per heavy atom. The minimum Gasteiger partial charge on any atom is -0.460 e. The maximum Gasteiger partial charge on any atom is 0.328 e. The van der Waals surface area contributed by atoms with Gasteiger partial charge in [0.1, 0.15) is 11.6 Å². The smallest absolute Gasteiger partial charge is 0.328 e. The highest BCUT2D eigenvalue weighted by molar-refractivity contribution is 7.89. The summed E-state index contributed by atoms with van der Waals surface area (Å²) in [5.74, 6) is 0.662. The first kappa shape index (κ1) is 20.0. The van der Waals surface area contributed by atoms with Crippen LogP contribution >= 0.6 is 0 Å². The summed E-state index contributed by atoms with van der Waals surface area (Å²) in [5.41, 5.74) is -1.09. The first-order valence-corrected chi connectivity index (χ1v) is 12.9.